The van der Waals surface area contributed by atoms with Crippen molar-refractivity contribution in [1.82, 2.24) is 9.78 Å². The van der Waals surface area contributed by atoms with Crippen molar-refractivity contribution in [3.8, 4) is 0 Å². The average Bonchev–Trinajstić information content (AvgIpc) is 2.87. The molecule has 0 amide bonds. The number of halogens is 2. The molecule has 0 aliphatic heterocycles. The van der Waals surface area contributed by atoms with Gasteiger partial charge in [-0.25, -0.2) is 0 Å². The van der Waals surface area contributed by atoms with Gasteiger partial charge in [0.1, 0.15) is 11.9 Å². The summed E-state index contributed by atoms with van der Waals surface area (Å²) in [6.07, 6.45) is 0.316. The number of aryl methyl sites for hydroxylation is 2. The van der Waals surface area contributed by atoms with Crippen molar-refractivity contribution >= 4 is 23.2 Å². The van der Waals surface area contributed by atoms with Crippen LogP contribution in [0, 0.1) is 0 Å². The molecule has 0 bridgehead atoms. The summed E-state index contributed by atoms with van der Waals surface area (Å²) in [5.74, 6) is 0.426. The Morgan fingerprint density at radius 2 is 2.17 bits per heavy atom. The maximum atomic E-state index is 10.1. The van der Waals surface area contributed by atoms with Crippen molar-refractivity contribution in [2.75, 3.05) is 0 Å². The normalized spacial score (nSPS) is 12.9. The molecule has 0 aliphatic carbocycles. The highest BCUT2D eigenvalue weighted by atomic mass is 35.5. The largest absolute Gasteiger partial charge is 0.447 e. The number of hydrogen-bond acceptors (Lipinski definition) is 3. The molecule has 6 heteroatoms. The molecule has 2 aromatic rings. The van der Waals surface area contributed by atoms with Crippen molar-refractivity contribution in [3.63, 3.8) is 0 Å². The molecular weight excluding hydrogens is 275 g/mol. The Morgan fingerprint density at radius 3 is 2.67 bits per heavy atom. The lowest BCUT2D eigenvalue weighted by Gasteiger charge is -2.08. The molecule has 98 valence electrons. The molecule has 0 spiro atoms. The van der Waals surface area contributed by atoms with Gasteiger partial charge in [0, 0.05) is 13.5 Å². The van der Waals surface area contributed by atoms with Crippen molar-refractivity contribution in [3.05, 3.63) is 39.5 Å². The highest BCUT2D eigenvalue weighted by Gasteiger charge is 2.19. The van der Waals surface area contributed by atoms with Gasteiger partial charge in [0.2, 0.25) is 0 Å². The lowest BCUT2D eigenvalue weighted by molar-refractivity contribution is 0.148. The van der Waals surface area contributed by atoms with Gasteiger partial charge in [-0.2, -0.15) is 5.10 Å². The van der Waals surface area contributed by atoms with E-state index in [9.17, 15) is 5.11 Å². The van der Waals surface area contributed by atoms with Crippen molar-refractivity contribution < 1.29 is 9.52 Å². The predicted octanol–water partition coefficient (Wildman–Crippen LogP) is 3.16. The second-order valence-electron chi connectivity index (χ2n) is 4.05. The third-order valence-corrected chi connectivity index (χ3v) is 3.45. The van der Waals surface area contributed by atoms with Crippen LogP contribution in [0.3, 0.4) is 0 Å². The van der Waals surface area contributed by atoms with Crippen LogP contribution in [0.1, 0.15) is 30.2 Å². The number of rotatable bonds is 4. The Hall–Kier alpha value is -0.970. The van der Waals surface area contributed by atoms with Crippen LogP contribution in [0.25, 0.3) is 0 Å². The van der Waals surface area contributed by atoms with E-state index >= 15 is 0 Å². The van der Waals surface area contributed by atoms with E-state index in [0.29, 0.717) is 17.2 Å². The first-order chi connectivity index (χ1) is 8.52. The van der Waals surface area contributed by atoms with Crippen LogP contribution in [0.5, 0.6) is 0 Å². The van der Waals surface area contributed by atoms with E-state index in [1.807, 2.05) is 14.0 Å². The fraction of sp³-hybridized carbons (Fsp3) is 0.417. The molecule has 0 fully saturated rings. The maximum Gasteiger partial charge on any atom is 0.193 e. The summed E-state index contributed by atoms with van der Waals surface area (Å²) in [4.78, 5) is 0. The molecule has 0 radical (unpaired) electrons. The quantitative estimate of drug-likeness (QED) is 0.940. The number of aromatic nitrogens is 2. The van der Waals surface area contributed by atoms with E-state index in [1.54, 1.807) is 16.8 Å². The van der Waals surface area contributed by atoms with Gasteiger partial charge in [0.25, 0.3) is 0 Å². The molecule has 2 aromatic heterocycles. The molecule has 1 atom stereocenters. The van der Waals surface area contributed by atoms with Gasteiger partial charge in [-0.3, -0.25) is 4.68 Å². The molecule has 1 N–H and O–H groups in total. The number of furan rings is 1. The third kappa shape index (κ3) is 2.55. The maximum absolute atomic E-state index is 10.1. The molecule has 0 saturated carbocycles. The Labute approximate surface area is 115 Å². The van der Waals surface area contributed by atoms with Crippen LogP contribution in [0.15, 0.2) is 16.5 Å². The van der Waals surface area contributed by atoms with Crippen molar-refractivity contribution in [2.45, 2.75) is 25.9 Å². The fourth-order valence-corrected chi connectivity index (χ4v) is 2.36. The molecule has 1 unspecified atom stereocenters. The van der Waals surface area contributed by atoms with E-state index in [-0.39, 0.29) is 5.22 Å². The van der Waals surface area contributed by atoms with Crippen LogP contribution in [-0.4, -0.2) is 14.9 Å². The van der Waals surface area contributed by atoms with Gasteiger partial charge in [-0.1, -0.05) is 18.5 Å². The minimum Gasteiger partial charge on any atom is -0.447 e. The van der Waals surface area contributed by atoms with Crippen LogP contribution in [-0.2, 0) is 19.9 Å². The van der Waals surface area contributed by atoms with Gasteiger partial charge in [-0.15, -0.1) is 0 Å². The monoisotopic (exact) mass is 288 g/mol. The second kappa shape index (κ2) is 5.34. The number of hydrogen-bond donors (Lipinski definition) is 1. The lowest BCUT2D eigenvalue weighted by atomic mass is 10.1. The zero-order valence-corrected chi connectivity index (χ0v) is 11.7. The third-order valence-electron chi connectivity index (χ3n) is 2.81. The summed E-state index contributed by atoms with van der Waals surface area (Å²) in [5, 5.41) is 15.2. The van der Waals surface area contributed by atoms with Crippen molar-refractivity contribution in [2.24, 2.45) is 7.05 Å². The zero-order valence-electron chi connectivity index (χ0n) is 10.2. The predicted molar refractivity (Wildman–Crippen MR) is 70.0 cm³/mol. The van der Waals surface area contributed by atoms with Crippen LogP contribution in [0.4, 0.5) is 0 Å². The number of aliphatic hydroxyl groups excluding tert-OH is 1. The second-order valence-corrected chi connectivity index (χ2v) is 4.80. The van der Waals surface area contributed by atoms with Gasteiger partial charge < -0.3 is 9.52 Å². The van der Waals surface area contributed by atoms with Crippen LogP contribution in [0.2, 0.25) is 10.2 Å². The number of nitrogens with zero attached hydrogens (tertiary/aromatic N) is 2. The van der Waals surface area contributed by atoms with Gasteiger partial charge in [0.05, 0.1) is 16.4 Å². The van der Waals surface area contributed by atoms with Gasteiger partial charge in [0.15, 0.2) is 5.22 Å². The van der Waals surface area contributed by atoms with Gasteiger partial charge >= 0.3 is 0 Å². The Bertz CT molecular complexity index is 548. The lowest BCUT2D eigenvalue weighted by Crippen LogP contribution is -2.06. The molecule has 0 aromatic carbocycles. The fourth-order valence-electron chi connectivity index (χ4n) is 1.83. The highest BCUT2D eigenvalue weighted by Crippen LogP contribution is 2.27. The molecule has 0 aliphatic rings. The summed E-state index contributed by atoms with van der Waals surface area (Å²) in [7, 11) is 1.81. The van der Waals surface area contributed by atoms with E-state index in [4.69, 9.17) is 27.6 Å². The smallest absolute Gasteiger partial charge is 0.193 e. The topological polar surface area (TPSA) is 51.2 Å². The summed E-state index contributed by atoms with van der Waals surface area (Å²) in [5.41, 5.74) is 1.62. The molecule has 2 rings (SSSR count). The molecular formula is C12H14Cl2N2O2. The SMILES string of the molecule is CCc1nn(C)c(CC(O)c2ccc(Cl)o2)c1Cl. The van der Waals surface area contributed by atoms with Crippen molar-refractivity contribution in [1.29, 1.82) is 0 Å². The highest BCUT2D eigenvalue weighted by molar-refractivity contribution is 6.31. The summed E-state index contributed by atoms with van der Waals surface area (Å²) >= 11 is 11.9. The first-order valence-corrected chi connectivity index (χ1v) is 6.42. The molecule has 4 nitrogen and oxygen atoms in total. The summed E-state index contributed by atoms with van der Waals surface area (Å²) in [6.45, 7) is 1.99. The summed E-state index contributed by atoms with van der Waals surface area (Å²) < 4.78 is 6.86. The van der Waals surface area contributed by atoms with E-state index in [0.717, 1.165) is 17.8 Å². The average molecular weight is 289 g/mol. The first-order valence-electron chi connectivity index (χ1n) is 5.66. The van der Waals surface area contributed by atoms with E-state index < -0.39 is 6.10 Å². The van der Waals surface area contributed by atoms with E-state index in [2.05, 4.69) is 5.10 Å². The van der Waals surface area contributed by atoms with E-state index in [1.165, 1.54) is 0 Å². The van der Waals surface area contributed by atoms with Crippen LogP contribution >= 0.6 is 23.2 Å². The summed E-state index contributed by atoms with van der Waals surface area (Å²) in [6, 6.07) is 3.25. The molecule has 18 heavy (non-hydrogen) atoms. The minimum atomic E-state index is -0.782. The Kier molecular flexibility index (Phi) is 4.00. The van der Waals surface area contributed by atoms with Crippen LogP contribution < -0.4 is 0 Å². The zero-order chi connectivity index (χ0) is 13.3. The molecule has 2 heterocycles. The first kappa shape index (κ1) is 13.5. The standard InChI is InChI=1S/C12H14Cl2N2O2/c1-3-7-12(14)8(16(2)15-7)6-9(17)10-4-5-11(13)18-10/h4-5,9,17H,3,6H2,1-2H3. The Morgan fingerprint density at radius 1 is 1.44 bits per heavy atom. The molecule has 0 saturated heterocycles. The Balaban J connectivity index is 2.21. The van der Waals surface area contributed by atoms with Gasteiger partial charge in [-0.05, 0) is 30.2 Å². The minimum absolute atomic E-state index is 0.259. The number of aliphatic hydroxyl groups is 1.